The third-order valence-corrected chi connectivity index (χ3v) is 4.03. The molecule has 0 aliphatic rings. The Balaban J connectivity index is 1.68. The van der Waals surface area contributed by atoms with E-state index < -0.39 is 12.1 Å². The van der Waals surface area contributed by atoms with Gasteiger partial charge >= 0.3 is 5.97 Å². The SMILES string of the molecule is Cc1ccccc1CCNC(=O)COC(=O)[C@@H](C)Oc1ccc(Cl)cc1. The number of ether oxygens (including phenoxy) is 2. The highest BCUT2D eigenvalue weighted by atomic mass is 35.5. The average molecular weight is 376 g/mol. The lowest BCUT2D eigenvalue weighted by Crippen LogP contribution is -2.33. The van der Waals surface area contributed by atoms with Gasteiger partial charge in [0.05, 0.1) is 0 Å². The van der Waals surface area contributed by atoms with E-state index in [1.54, 1.807) is 31.2 Å². The maximum atomic E-state index is 11.9. The lowest BCUT2D eigenvalue weighted by atomic mass is 10.1. The second kappa shape index (κ2) is 9.82. The van der Waals surface area contributed by atoms with Crippen LogP contribution < -0.4 is 10.1 Å². The number of aryl methyl sites for hydroxylation is 1. The van der Waals surface area contributed by atoms with Crippen LogP contribution in [0.5, 0.6) is 5.75 Å². The predicted molar refractivity (Wildman–Crippen MR) is 100 cm³/mol. The van der Waals surface area contributed by atoms with Crippen LogP contribution in [0.4, 0.5) is 0 Å². The van der Waals surface area contributed by atoms with E-state index in [1.165, 1.54) is 11.1 Å². The third kappa shape index (κ3) is 6.41. The Kier molecular flexibility index (Phi) is 7.48. The molecule has 2 aromatic carbocycles. The molecule has 5 nitrogen and oxygen atoms in total. The predicted octanol–water partition coefficient (Wildman–Crippen LogP) is 3.32. The average Bonchev–Trinajstić information content (AvgIpc) is 2.63. The highest BCUT2D eigenvalue weighted by molar-refractivity contribution is 6.30. The van der Waals surface area contributed by atoms with Gasteiger partial charge in [-0.15, -0.1) is 0 Å². The molecule has 0 saturated carbocycles. The van der Waals surface area contributed by atoms with Crippen LogP contribution in [0.1, 0.15) is 18.1 Å². The first-order valence-electron chi connectivity index (χ1n) is 8.36. The van der Waals surface area contributed by atoms with Crippen LogP contribution in [0.25, 0.3) is 0 Å². The zero-order valence-electron chi connectivity index (χ0n) is 14.8. The monoisotopic (exact) mass is 375 g/mol. The van der Waals surface area contributed by atoms with E-state index in [0.717, 1.165) is 6.42 Å². The summed E-state index contributed by atoms with van der Waals surface area (Å²) in [5.74, 6) is -0.443. The zero-order valence-corrected chi connectivity index (χ0v) is 15.6. The summed E-state index contributed by atoms with van der Waals surface area (Å²) in [7, 11) is 0. The van der Waals surface area contributed by atoms with E-state index in [0.29, 0.717) is 17.3 Å². The lowest BCUT2D eigenvalue weighted by Gasteiger charge is -2.14. The molecule has 1 N–H and O–H groups in total. The van der Waals surface area contributed by atoms with E-state index in [1.807, 2.05) is 31.2 Å². The summed E-state index contributed by atoms with van der Waals surface area (Å²) in [6.45, 7) is 3.74. The van der Waals surface area contributed by atoms with Gasteiger partial charge in [-0.3, -0.25) is 4.79 Å². The summed E-state index contributed by atoms with van der Waals surface area (Å²) < 4.78 is 10.4. The van der Waals surface area contributed by atoms with Crippen molar-refractivity contribution in [3.05, 3.63) is 64.7 Å². The maximum absolute atomic E-state index is 11.9. The molecule has 0 saturated heterocycles. The largest absolute Gasteiger partial charge is 0.479 e. The smallest absolute Gasteiger partial charge is 0.347 e. The Labute approximate surface area is 158 Å². The maximum Gasteiger partial charge on any atom is 0.347 e. The molecule has 0 aliphatic heterocycles. The molecule has 0 heterocycles. The summed E-state index contributed by atoms with van der Waals surface area (Å²) >= 11 is 5.79. The van der Waals surface area contributed by atoms with Crippen molar-refractivity contribution in [2.24, 2.45) is 0 Å². The fraction of sp³-hybridized carbons (Fsp3) is 0.300. The minimum Gasteiger partial charge on any atom is -0.479 e. The summed E-state index contributed by atoms with van der Waals surface area (Å²) in [5, 5.41) is 3.32. The van der Waals surface area contributed by atoms with Crippen molar-refractivity contribution < 1.29 is 19.1 Å². The molecule has 0 aliphatic carbocycles. The summed E-state index contributed by atoms with van der Waals surface area (Å²) in [6, 6.07) is 14.6. The summed E-state index contributed by atoms with van der Waals surface area (Å²) in [6.07, 6.45) is -0.0986. The number of hydrogen-bond acceptors (Lipinski definition) is 4. The van der Waals surface area contributed by atoms with Gasteiger partial charge in [-0.05, 0) is 55.7 Å². The van der Waals surface area contributed by atoms with E-state index in [9.17, 15) is 9.59 Å². The normalized spacial score (nSPS) is 11.5. The van der Waals surface area contributed by atoms with E-state index in [-0.39, 0.29) is 12.5 Å². The number of benzene rings is 2. The standard InChI is InChI=1S/C20H22ClNO4/c1-14-5-3-4-6-16(14)11-12-22-19(23)13-25-20(24)15(2)26-18-9-7-17(21)8-10-18/h3-10,15H,11-13H2,1-2H3,(H,22,23)/t15-/m1/s1. The van der Waals surface area contributed by atoms with Gasteiger partial charge in [0.1, 0.15) is 5.75 Å². The number of halogens is 1. The molecule has 0 unspecified atom stereocenters. The fourth-order valence-electron chi connectivity index (χ4n) is 2.30. The molecule has 2 aromatic rings. The number of nitrogens with one attached hydrogen (secondary N) is 1. The first-order chi connectivity index (χ1) is 12.5. The van der Waals surface area contributed by atoms with Gasteiger partial charge in [0, 0.05) is 11.6 Å². The van der Waals surface area contributed by atoms with E-state index in [2.05, 4.69) is 5.32 Å². The Bertz CT molecular complexity index is 746. The van der Waals surface area contributed by atoms with Crippen molar-refractivity contribution in [2.45, 2.75) is 26.4 Å². The molecule has 0 radical (unpaired) electrons. The minimum atomic E-state index is -0.823. The van der Waals surface area contributed by atoms with Gasteiger partial charge in [-0.1, -0.05) is 35.9 Å². The summed E-state index contributed by atoms with van der Waals surface area (Å²) in [4.78, 5) is 23.7. The molecule has 1 atom stereocenters. The van der Waals surface area contributed by atoms with Crippen molar-refractivity contribution in [3.63, 3.8) is 0 Å². The van der Waals surface area contributed by atoms with Crippen molar-refractivity contribution in [1.29, 1.82) is 0 Å². The molecule has 6 heteroatoms. The number of carbonyl (C=O) groups excluding carboxylic acids is 2. The molecule has 0 spiro atoms. The molecule has 1 amide bonds. The summed E-state index contributed by atoms with van der Waals surface area (Å²) in [5.41, 5.74) is 2.36. The molecule has 138 valence electrons. The van der Waals surface area contributed by atoms with Crippen LogP contribution in [0.2, 0.25) is 5.02 Å². The molecule has 0 fully saturated rings. The Hall–Kier alpha value is -2.53. The molecule has 2 rings (SSSR count). The minimum absolute atomic E-state index is 0.332. The Morgan fingerprint density at radius 1 is 1.12 bits per heavy atom. The van der Waals surface area contributed by atoms with Gasteiger partial charge in [0.2, 0.25) is 0 Å². The van der Waals surface area contributed by atoms with Crippen LogP contribution in [0.3, 0.4) is 0 Å². The molecule has 0 aromatic heterocycles. The second-order valence-electron chi connectivity index (χ2n) is 5.85. The Morgan fingerprint density at radius 2 is 1.81 bits per heavy atom. The van der Waals surface area contributed by atoms with E-state index in [4.69, 9.17) is 21.1 Å². The first kappa shape index (κ1) is 19.8. The molecular weight excluding hydrogens is 354 g/mol. The van der Waals surface area contributed by atoms with E-state index >= 15 is 0 Å². The van der Waals surface area contributed by atoms with Crippen LogP contribution in [0.15, 0.2) is 48.5 Å². The fourth-order valence-corrected chi connectivity index (χ4v) is 2.42. The Morgan fingerprint density at radius 3 is 2.50 bits per heavy atom. The van der Waals surface area contributed by atoms with Gasteiger partial charge in [-0.2, -0.15) is 0 Å². The van der Waals surface area contributed by atoms with Gasteiger partial charge in [0.25, 0.3) is 5.91 Å². The van der Waals surface area contributed by atoms with Crippen LogP contribution >= 0.6 is 11.6 Å². The zero-order chi connectivity index (χ0) is 18.9. The van der Waals surface area contributed by atoms with Crippen molar-refractivity contribution in [1.82, 2.24) is 5.32 Å². The van der Waals surface area contributed by atoms with Crippen LogP contribution in [-0.4, -0.2) is 31.1 Å². The molecule has 0 bridgehead atoms. The van der Waals surface area contributed by atoms with Crippen molar-refractivity contribution in [3.8, 4) is 5.75 Å². The highest BCUT2D eigenvalue weighted by Gasteiger charge is 2.17. The topological polar surface area (TPSA) is 64.6 Å². The number of hydrogen-bond donors (Lipinski definition) is 1. The number of amides is 1. The van der Waals surface area contributed by atoms with Gasteiger partial charge in [0.15, 0.2) is 12.7 Å². The van der Waals surface area contributed by atoms with Crippen molar-refractivity contribution >= 4 is 23.5 Å². The van der Waals surface area contributed by atoms with Crippen LogP contribution in [-0.2, 0) is 20.7 Å². The molecular formula is C20H22ClNO4. The first-order valence-corrected chi connectivity index (χ1v) is 8.73. The highest BCUT2D eigenvalue weighted by Crippen LogP contribution is 2.17. The number of carbonyl (C=O) groups is 2. The lowest BCUT2D eigenvalue weighted by molar-refractivity contribution is -0.154. The van der Waals surface area contributed by atoms with Crippen LogP contribution in [0, 0.1) is 6.92 Å². The van der Waals surface area contributed by atoms with Gasteiger partial charge in [-0.25, -0.2) is 4.79 Å². The van der Waals surface area contributed by atoms with Gasteiger partial charge < -0.3 is 14.8 Å². The van der Waals surface area contributed by atoms with Crippen molar-refractivity contribution in [2.75, 3.05) is 13.2 Å². The third-order valence-electron chi connectivity index (χ3n) is 3.78. The molecule has 26 heavy (non-hydrogen) atoms. The number of esters is 1. The quantitative estimate of drug-likeness (QED) is 0.719. The second-order valence-corrected chi connectivity index (χ2v) is 6.28. The number of rotatable bonds is 8.